The van der Waals surface area contributed by atoms with Crippen molar-refractivity contribution in [3.05, 3.63) is 48.0 Å². The van der Waals surface area contributed by atoms with E-state index in [0.29, 0.717) is 5.95 Å². The first-order valence-corrected chi connectivity index (χ1v) is 7.20. The maximum atomic E-state index is 4.75. The summed E-state index contributed by atoms with van der Waals surface area (Å²) in [6, 6.07) is 10.1. The Morgan fingerprint density at radius 1 is 1.19 bits per heavy atom. The minimum Gasteiger partial charge on any atom is -0.345 e. The van der Waals surface area contributed by atoms with Gasteiger partial charge in [0.05, 0.1) is 17.1 Å². The minimum atomic E-state index is 0.0409. The van der Waals surface area contributed by atoms with Crippen LogP contribution in [0.5, 0.6) is 0 Å². The number of imidazole rings is 1. The van der Waals surface area contributed by atoms with Gasteiger partial charge in [0.15, 0.2) is 0 Å². The molecule has 0 aliphatic carbocycles. The van der Waals surface area contributed by atoms with Crippen LogP contribution in [-0.2, 0) is 6.54 Å². The standard InChI is InChI=1S/C16H19N5/c1-4-21-14-8-6-5-7-13(14)20-15(21)12(3)19-16-17-10-9-11(2)18-16/h5-10,12H,4H2,1-3H3,(H,17,18,19)/t12-/m0/s1. The van der Waals surface area contributed by atoms with Crippen molar-refractivity contribution in [3.8, 4) is 0 Å². The highest BCUT2D eigenvalue weighted by Crippen LogP contribution is 2.22. The van der Waals surface area contributed by atoms with Crippen LogP contribution in [0.2, 0.25) is 0 Å². The number of nitrogens with one attached hydrogen (secondary N) is 1. The molecule has 0 radical (unpaired) electrons. The van der Waals surface area contributed by atoms with E-state index in [0.717, 1.165) is 29.1 Å². The predicted molar refractivity (Wildman–Crippen MR) is 84.2 cm³/mol. The molecular weight excluding hydrogens is 262 g/mol. The van der Waals surface area contributed by atoms with Crippen LogP contribution in [0.1, 0.15) is 31.4 Å². The number of nitrogens with zero attached hydrogens (tertiary/aromatic N) is 4. The SMILES string of the molecule is CCn1c([C@H](C)Nc2nccc(C)n2)nc2ccccc21. The number of para-hydroxylation sites is 2. The number of hydrogen-bond donors (Lipinski definition) is 1. The van der Waals surface area contributed by atoms with Crippen molar-refractivity contribution in [2.45, 2.75) is 33.4 Å². The molecular formula is C16H19N5. The summed E-state index contributed by atoms with van der Waals surface area (Å²) in [7, 11) is 0. The molecule has 0 unspecified atom stereocenters. The summed E-state index contributed by atoms with van der Waals surface area (Å²) in [5, 5.41) is 3.33. The van der Waals surface area contributed by atoms with E-state index in [9.17, 15) is 0 Å². The van der Waals surface area contributed by atoms with Crippen molar-refractivity contribution < 1.29 is 0 Å². The highest BCUT2D eigenvalue weighted by Gasteiger charge is 2.16. The summed E-state index contributed by atoms with van der Waals surface area (Å²) in [5.74, 6) is 1.64. The van der Waals surface area contributed by atoms with E-state index in [2.05, 4.69) is 39.8 Å². The lowest BCUT2D eigenvalue weighted by atomic mass is 10.3. The Kier molecular flexibility index (Phi) is 3.56. The van der Waals surface area contributed by atoms with Gasteiger partial charge in [-0.25, -0.2) is 15.0 Å². The monoisotopic (exact) mass is 281 g/mol. The third-order valence-corrected chi connectivity index (χ3v) is 3.53. The third kappa shape index (κ3) is 2.59. The lowest BCUT2D eigenvalue weighted by Crippen LogP contribution is -2.15. The van der Waals surface area contributed by atoms with E-state index in [1.54, 1.807) is 6.20 Å². The average molecular weight is 281 g/mol. The first kappa shape index (κ1) is 13.5. The molecule has 2 heterocycles. The van der Waals surface area contributed by atoms with Crippen LogP contribution < -0.4 is 5.32 Å². The quantitative estimate of drug-likeness (QED) is 0.797. The highest BCUT2D eigenvalue weighted by atomic mass is 15.2. The van der Waals surface area contributed by atoms with Crippen molar-refractivity contribution >= 4 is 17.0 Å². The summed E-state index contributed by atoms with van der Waals surface area (Å²) >= 11 is 0. The Morgan fingerprint density at radius 3 is 2.76 bits per heavy atom. The van der Waals surface area contributed by atoms with E-state index in [-0.39, 0.29) is 6.04 Å². The maximum absolute atomic E-state index is 4.75. The first-order valence-electron chi connectivity index (χ1n) is 7.20. The number of aromatic nitrogens is 4. The summed E-state index contributed by atoms with van der Waals surface area (Å²) in [4.78, 5) is 13.4. The number of anilines is 1. The van der Waals surface area contributed by atoms with Gasteiger partial charge in [0.25, 0.3) is 0 Å². The summed E-state index contributed by atoms with van der Waals surface area (Å²) in [6.45, 7) is 7.06. The van der Waals surface area contributed by atoms with Crippen LogP contribution in [-0.4, -0.2) is 19.5 Å². The van der Waals surface area contributed by atoms with E-state index in [1.807, 2.05) is 31.2 Å². The van der Waals surface area contributed by atoms with Gasteiger partial charge in [-0.1, -0.05) is 12.1 Å². The molecule has 0 spiro atoms. The van der Waals surface area contributed by atoms with Crippen LogP contribution in [0.4, 0.5) is 5.95 Å². The van der Waals surface area contributed by atoms with Gasteiger partial charge < -0.3 is 9.88 Å². The second-order valence-electron chi connectivity index (χ2n) is 5.09. The second-order valence-corrected chi connectivity index (χ2v) is 5.09. The molecule has 21 heavy (non-hydrogen) atoms. The van der Waals surface area contributed by atoms with E-state index in [1.165, 1.54) is 0 Å². The fourth-order valence-electron chi connectivity index (χ4n) is 2.53. The Bertz CT molecular complexity index is 762. The summed E-state index contributed by atoms with van der Waals surface area (Å²) < 4.78 is 2.22. The number of fused-ring (bicyclic) bond motifs is 1. The second kappa shape index (κ2) is 5.52. The van der Waals surface area contributed by atoms with Gasteiger partial charge in [-0.15, -0.1) is 0 Å². The molecule has 0 aliphatic rings. The highest BCUT2D eigenvalue weighted by molar-refractivity contribution is 5.76. The number of hydrogen-bond acceptors (Lipinski definition) is 4. The Labute approximate surface area is 124 Å². The molecule has 108 valence electrons. The van der Waals surface area contributed by atoms with Crippen LogP contribution in [0.25, 0.3) is 11.0 Å². The maximum Gasteiger partial charge on any atom is 0.223 e. The molecule has 0 amide bonds. The Balaban J connectivity index is 1.95. The largest absolute Gasteiger partial charge is 0.345 e. The van der Waals surface area contributed by atoms with Crippen LogP contribution in [0.3, 0.4) is 0 Å². The van der Waals surface area contributed by atoms with E-state index < -0.39 is 0 Å². The van der Waals surface area contributed by atoms with Gasteiger partial charge >= 0.3 is 0 Å². The van der Waals surface area contributed by atoms with Crippen molar-refractivity contribution in [1.29, 1.82) is 0 Å². The number of benzene rings is 1. The number of rotatable bonds is 4. The van der Waals surface area contributed by atoms with Gasteiger partial charge in [-0.2, -0.15) is 0 Å². The van der Waals surface area contributed by atoms with Crippen LogP contribution >= 0.6 is 0 Å². The summed E-state index contributed by atoms with van der Waals surface area (Å²) in [5.41, 5.74) is 3.13. The fraction of sp³-hybridized carbons (Fsp3) is 0.312. The molecule has 0 saturated carbocycles. The molecule has 0 fully saturated rings. The zero-order valence-electron chi connectivity index (χ0n) is 12.5. The molecule has 0 aliphatic heterocycles. The van der Waals surface area contributed by atoms with Crippen molar-refractivity contribution in [2.75, 3.05) is 5.32 Å². The zero-order valence-corrected chi connectivity index (χ0v) is 12.5. The average Bonchev–Trinajstić information content (AvgIpc) is 2.86. The van der Waals surface area contributed by atoms with Gasteiger partial charge in [0, 0.05) is 18.4 Å². The Hall–Kier alpha value is -2.43. The molecule has 5 heteroatoms. The van der Waals surface area contributed by atoms with Gasteiger partial charge in [-0.3, -0.25) is 0 Å². The molecule has 5 nitrogen and oxygen atoms in total. The van der Waals surface area contributed by atoms with Crippen molar-refractivity contribution in [1.82, 2.24) is 19.5 Å². The molecule has 2 aromatic heterocycles. The topological polar surface area (TPSA) is 55.6 Å². The molecule has 0 bridgehead atoms. The molecule has 1 N–H and O–H groups in total. The Morgan fingerprint density at radius 2 is 2.00 bits per heavy atom. The summed E-state index contributed by atoms with van der Waals surface area (Å²) in [6.07, 6.45) is 1.76. The molecule has 3 rings (SSSR count). The molecule has 0 saturated heterocycles. The minimum absolute atomic E-state index is 0.0409. The van der Waals surface area contributed by atoms with E-state index >= 15 is 0 Å². The number of aryl methyl sites for hydroxylation is 2. The smallest absolute Gasteiger partial charge is 0.223 e. The van der Waals surface area contributed by atoms with Crippen LogP contribution in [0, 0.1) is 6.92 Å². The third-order valence-electron chi connectivity index (χ3n) is 3.53. The lowest BCUT2D eigenvalue weighted by molar-refractivity contribution is 0.670. The van der Waals surface area contributed by atoms with Gasteiger partial charge in [0.1, 0.15) is 5.82 Å². The van der Waals surface area contributed by atoms with Gasteiger partial charge in [-0.05, 0) is 39.0 Å². The zero-order chi connectivity index (χ0) is 14.8. The first-order chi connectivity index (χ1) is 10.2. The molecule has 1 aromatic carbocycles. The van der Waals surface area contributed by atoms with Crippen molar-refractivity contribution in [3.63, 3.8) is 0 Å². The molecule has 3 aromatic rings. The van der Waals surface area contributed by atoms with Gasteiger partial charge in [0.2, 0.25) is 5.95 Å². The molecule has 1 atom stereocenters. The lowest BCUT2D eigenvalue weighted by Gasteiger charge is -2.15. The van der Waals surface area contributed by atoms with Crippen molar-refractivity contribution in [2.24, 2.45) is 0 Å². The predicted octanol–water partition coefficient (Wildman–Crippen LogP) is 3.33. The fourth-order valence-corrected chi connectivity index (χ4v) is 2.53. The van der Waals surface area contributed by atoms with Crippen LogP contribution in [0.15, 0.2) is 36.5 Å². The van der Waals surface area contributed by atoms with E-state index in [4.69, 9.17) is 4.98 Å². The normalized spacial score (nSPS) is 12.5.